The van der Waals surface area contributed by atoms with Crippen LogP contribution in [0.5, 0.6) is 0 Å². The predicted octanol–water partition coefficient (Wildman–Crippen LogP) is 1.80. The van der Waals surface area contributed by atoms with E-state index >= 15 is 0 Å². The number of hydrogen-bond acceptors (Lipinski definition) is 2. The summed E-state index contributed by atoms with van der Waals surface area (Å²) < 4.78 is 19.4. The van der Waals surface area contributed by atoms with Gasteiger partial charge in [0.2, 0.25) is 0 Å². The maximum absolute atomic E-state index is 13.7. The third kappa shape index (κ3) is 1.46. The van der Waals surface area contributed by atoms with E-state index in [0.29, 0.717) is 0 Å². The van der Waals surface area contributed by atoms with Crippen LogP contribution in [0.3, 0.4) is 0 Å². The number of fused-ring (bicyclic) bond motifs is 3. The molecule has 1 aromatic carbocycles. The third-order valence-electron chi connectivity index (χ3n) is 3.32. The van der Waals surface area contributed by atoms with Crippen LogP contribution in [0.15, 0.2) is 18.2 Å². The van der Waals surface area contributed by atoms with Crippen LogP contribution in [0.25, 0.3) is 0 Å². The first-order valence-electron chi connectivity index (χ1n) is 5.48. The molecule has 1 N–H and O–H groups in total. The molecule has 3 heteroatoms. The molecule has 0 amide bonds. The van der Waals surface area contributed by atoms with Crippen molar-refractivity contribution in [3.8, 4) is 0 Å². The molecule has 2 atom stereocenters. The number of morpholine rings is 1. The summed E-state index contributed by atoms with van der Waals surface area (Å²) in [6, 6.07) is 5.41. The Morgan fingerprint density at radius 1 is 1.40 bits per heavy atom. The third-order valence-corrected chi connectivity index (χ3v) is 3.32. The molecule has 1 fully saturated rings. The van der Waals surface area contributed by atoms with Crippen LogP contribution in [0, 0.1) is 5.82 Å². The quantitative estimate of drug-likeness (QED) is 0.700. The Kier molecular flexibility index (Phi) is 2.22. The molecule has 3 rings (SSSR count). The SMILES string of the molecule is Fc1cccc2c1C1NCCOC1CC2. The molecule has 1 heterocycles. The molecule has 2 unspecified atom stereocenters. The first kappa shape index (κ1) is 9.31. The number of aryl methyl sites for hydroxylation is 1. The second kappa shape index (κ2) is 3.58. The average molecular weight is 207 g/mol. The minimum atomic E-state index is -0.0970. The number of hydrogen-bond donors (Lipinski definition) is 1. The van der Waals surface area contributed by atoms with Crippen molar-refractivity contribution in [2.45, 2.75) is 25.0 Å². The average Bonchev–Trinajstić information content (AvgIpc) is 2.29. The van der Waals surface area contributed by atoms with Crippen molar-refractivity contribution < 1.29 is 9.13 Å². The van der Waals surface area contributed by atoms with Gasteiger partial charge in [-0.2, -0.15) is 0 Å². The summed E-state index contributed by atoms with van der Waals surface area (Å²) >= 11 is 0. The standard InChI is InChI=1S/C12H14FNO/c13-9-3-1-2-8-4-5-10-12(11(8)9)14-6-7-15-10/h1-3,10,12,14H,4-7H2. The first-order valence-corrected chi connectivity index (χ1v) is 5.48. The smallest absolute Gasteiger partial charge is 0.128 e. The second-order valence-electron chi connectivity index (χ2n) is 4.19. The van der Waals surface area contributed by atoms with E-state index in [0.717, 1.165) is 37.1 Å². The Bertz CT molecular complexity index is 380. The summed E-state index contributed by atoms with van der Waals surface area (Å²) in [4.78, 5) is 0. The van der Waals surface area contributed by atoms with Gasteiger partial charge < -0.3 is 10.1 Å². The molecular formula is C12H14FNO. The number of rotatable bonds is 0. The zero-order valence-electron chi connectivity index (χ0n) is 8.50. The Morgan fingerprint density at radius 2 is 2.33 bits per heavy atom. The van der Waals surface area contributed by atoms with Crippen molar-refractivity contribution in [2.75, 3.05) is 13.2 Å². The Morgan fingerprint density at radius 3 is 3.27 bits per heavy atom. The molecule has 0 radical (unpaired) electrons. The normalized spacial score (nSPS) is 29.4. The maximum Gasteiger partial charge on any atom is 0.128 e. The Balaban J connectivity index is 2.05. The van der Waals surface area contributed by atoms with Crippen LogP contribution >= 0.6 is 0 Å². The van der Waals surface area contributed by atoms with Gasteiger partial charge in [0.25, 0.3) is 0 Å². The highest BCUT2D eigenvalue weighted by molar-refractivity contribution is 5.35. The highest BCUT2D eigenvalue weighted by Gasteiger charge is 2.34. The fraction of sp³-hybridized carbons (Fsp3) is 0.500. The lowest BCUT2D eigenvalue weighted by Crippen LogP contribution is -2.44. The molecule has 0 saturated carbocycles. The van der Waals surface area contributed by atoms with Crippen molar-refractivity contribution in [1.82, 2.24) is 5.32 Å². The summed E-state index contributed by atoms with van der Waals surface area (Å²) in [7, 11) is 0. The summed E-state index contributed by atoms with van der Waals surface area (Å²) in [6.07, 6.45) is 2.08. The Hall–Kier alpha value is -0.930. The lowest BCUT2D eigenvalue weighted by Gasteiger charge is -2.37. The van der Waals surface area contributed by atoms with Crippen LogP contribution in [-0.2, 0) is 11.2 Å². The van der Waals surface area contributed by atoms with E-state index < -0.39 is 0 Å². The number of ether oxygens (including phenoxy) is 1. The second-order valence-corrected chi connectivity index (χ2v) is 4.19. The van der Waals surface area contributed by atoms with E-state index in [9.17, 15) is 4.39 Å². The monoisotopic (exact) mass is 207 g/mol. The molecule has 2 nitrogen and oxygen atoms in total. The van der Waals surface area contributed by atoms with Gasteiger partial charge in [0.15, 0.2) is 0 Å². The van der Waals surface area contributed by atoms with Crippen molar-refractivity contribution >= 4 is 0 Å². The van der Waals surface area contributed by atoms with Gasteiger partial charge in [-0.3, -0.25) is 0 Å². The molecule has 0 spiro atoms. The van der Waals surface area contributed by atoms with E-state index in [-0.39, 0.29) is 18.0 Å². The fourth-order valence-electron chi connectivity index (χ4n) is 2.64. The summed E-state index contributed by atoms with van der Waals surface area (Å²) in [6.45, 7) is 1.56. The highest BCUT2D eigenvalue weighted by Crippen LogP contribution is 2.34. The van der Waals surface area contributed by atoms with Gasteiger partial charge in [0.1, 0.15) is 5.82 Å². The largest absolute Gasteiger partial charge is 0.375 e. The lowest BCUT2D eigenvalue weighted by atomic mass is 9.84. The molecule has 80 valence electrons. The topological polar surface area (TPSA) is 21.3 Å². The number of benzene rings is 1. The lowest BCUT2D eigenvalue weighted by molar-refractivity contribution is -0.0149. The molecular weight excluding hydrogens is 193 g/mol. The zero-order chi connectivity index (χ0) is 10.3. The van der Waals surface area contributed by atoms with E-state index in [1.807, 2.05) is 6.07 Å². The van der Waals surface area contributed by atoms with Crippen molar-refractivity contribution in [3.63, 3.8) is 0 Å². The van der Waals surface area contributed by atoms with Gasteiger partial charge >= 0.3 is 0 Å². The molecule has 1 aromatic rings. The molecule has 2 aliphatic rings. The maximum atomic E-state index is 13.7. The van der Waals surface area contributed by atoms with Gasteiger partial charge in [-0.25, -0.2) is 4.39 Å². The van der Waals surface area contributed by atoms with E-state index in [1.54, 1.807) is 6.07 Å². The molecule has 0 aromatic heterocycles. The Labute approximate surface area is 88.4 Å². The molecule has 1 saturated heterocycles. The van der Waals surface area contributed by atoms with Crippen molar-refractivity contribution in [1.29, 1.82) is 0 Å². The first-order chi connectivity index (χ1) is 7.36. The van der Waals surface area contributed by atoms with Crippen LogP contribution in [0.4, 0.5) is 4.39 Å². The number of nitrogens with one attached hydrogen (secondary N) is 1. The fourth-order valence-corrected chi connectivity index (χ4v) is 2.64. The molecule has 15 heavy (non-hydrogen) atoms. The number of halogens is 1. The summed E-state index contributed by atoms with van der Waals surface area (Å²) in [5.74, 6) is -0.0970. The van der Waals surface area contributed by atoms with Gasteiger partial charge in [0.05, 0.1) is 18.8 Å². The van der Waals surface area contributed by atoms with Gasteiger partial charge in [0, 0.05) is 12.1 Å². The summed E-state index contributed by atoms with van der Waals surface area (Å²) in [5, 5.41) is 3.35. The minimum absolute atomic E-state index is 0.0590. The van der Waals surface area contributed by atoms with Crippen LogP contribution in [0.1, 0.15) is 23.6 Å². The highest BCUT2D eigenvalue weighted by atomic mass is 19.1. The van der Waals surface area contributed by atoms with Crippen molar-refractivity contribution in [2.24, 2.45) is 0 Å². The summed E-state index contributed by atoms with van der Waals surface area (Å²) in [5.41, 5.74) is 1.96. The van der Waals surface area contributed by atoms with Crippen LogP contribution in [-0.4, -0.2) is 19.3 Å². The zero-order valence-corrected chi connectivity index (χ0v) is 8.50. The van der Waals surface area contributed by atoms with E-state index in [2.05, 4.69) is 5.32 Å². The van der Waals surface area contributed by atoms with Crippen LogP contribution < -0.4 is 5.32 Å². The minimum Gasteiger partial charge on any atom is -0.375 e. The van der Waals surface area contributed by atoms with E-state index in [4.69, 9.17) is 4.74 Å². The molecule has 1 aliphatic carbocycles. The predicted molar refractivity (Wildman–Crippen MR) is 55.2 cm³/mol. The van der Waals surface area contributed by atoms with Gasteiger partial charge in [-0.05, 0) is 24.5 Å². The van der Waals surface area contributed by atoms with Gasteiger partial charge in [-0.1, -0.05) is 12.1 Å². The van der Waals surface area contributed by atoms with Crippen LogP contribution in [0.2, 0.25) is 0 Å². The van der Waals surface area contributed by atoms with Crippen molar-refractivity contribution in [3.05, 3.63) is 35.1 Å². The molecule has 0 bridgehead atoms. The molecule has 1 aliphatic heterocycles. The van der Waals surface area contributed by atoms with E-state index in [1.165, 1.54) is 6.07 Å². The van der Waals surface area contributed by atoms with Gasteiger partial charge in [-0.15, -0.1) is 0 Å².